The van der Waals surface area contributed by atoms with Crippen LogP contribution in [-0.2, 0) is 39.8 Å². The average molecular weight is 731 g/mol. The number of anilines is 2. The van der Waals surface area contributed by atoms with Crippen molar-refractivity contribution >= 4 is 101 Å². The van der Waals surface area contributed by atoms with E-state index in [-0.39, 0.29) is 68.5 Å². The third-order valence-electron chi connectivity index (χ3n) is 10.3. The molecule has 3 aliphatic rings. The van der Waals surface area contributed by atoms with Crippen molar-refractivity contribution in [3.63, 3.8) is 0 Å². The minimum atomic E-state index is -1.15. The van der Waals surface area contributed by atoms with Crippen LogP contribution in [0.2, 0.25) is 0 Å². The molecule has 1 aliphatic carbocycles. The van der Waals surface area contributed by atoms with Crippen molar-refractivity contribution in [3.05, 3.63) is 53.8 Å². The Balaban J connectivity index is 1.80. The fourth-order valence-corrected chi connectivity index (χ4v) is 10.6. The number of nitrogens with one attached hydrogen (secondary N) is 2. The van der Waals surface area contributed by atoms with Crippen LogP contribution in [-0.4, -0.2) is 69.5 Å². The lowest BCUT2D eigenvalue weighted by molar-refractivity contribution is -0.137. The number of ketones is 1. The molecule has 0 saturated heterocycles. The highest BCUT2D eigenvalue weighted by Gasteiger charge is 2.40. The molecule has 0 fully saturated rings. The lowest BCUT2D eigenvalue weighted by Crippen LogP contribution is -2.35. The molecule has 8 rings (SSSR count). The highest BCUT2D eigenvalue weighted by molar-refractivity contribution is 8.00. The third-order valence-corrected chi connectivity index (χ3v) is 12.6. The van der Waals surface area contributed by atoms with Gasteiger partial charge in [0.25, 0.3) is 0 Å². The number of carbonyl (C=O) groups is 3. The second kappa shape index (κ2) is 11.6. The number of aliphatic hydroxyl groups is 2. The molecule has 0 amide bonds. The number of rotatable bonds is 7. The Morgan fingerprint density at radius 2 is 1.41 bits per heavy atom. The first-order valence-electron chi connectivity index (χ1n) is 15.9. The largest absolute Gasteiger partial charge is 0.492 e. The first kappa shape index (κ1) is 33.3. The van der Waals surface area contributed by atoms with Crippen LogP contribution in [0, 0.1) is 0 Å². The molecule has 5 aromatic rings. The van der Waals surface area contributed by atoms with E-state index in [1.807, 2.05) is 0 Å². The van der Waals surface area contributed by atoms with Gasteiger partial charge in [-0.3, -0.25) is 14.4 Å². The Kier molecular flexibility index (Phi) is 7.58. The Morgan fingerprint density at radius 3 is 2.02 bits per heavy atom. The van der Waals surface area contributed by atoms with Crippen molar-refractivity contribution < 1.29 is 44.3 Å². The number of hydrogen-bond donors (Lipinski definition) is 6. The van der Waals surface area contributed by atoms with E-state index in [0.29, 0.717) is 65.0 Å². The molecular formula is C36H30N2O11S2. The molecule has 2 atom stereocenters. The molecule has 5 aromatic carbocycles. The smallest absolute Gasteiger partial charge is 0.336 e. The van der Waals surface area contributed by atoms with E-state index < -0.39 is 47.4 Å². The number of ether oxygens (including phenoxy) is 2. The van der Waals surface area contributed by atoms with Gasteiger partial charge in [0.15, 0.2) is 22.7 Å². The molecule has 2 unspecified atom stereocenters. The van der Waals surface area contributed by atoms with Crippen molar-refractivity contribution in [1.82, 2.24) is 0 Å². The molecule has 0 radical (unpaired) electrons. The topological polar surface area (TPSA) is 209 Å². The molecule has 0 saturated carbocycles. The highest BCUT2D eigenvalue weighted by atomic mass is 32.2. The summed E-state index contributed by atoms with van der Waals surface area (Å²) in [7, 11) is 2.66. The minimum Gasteiger partial charge on any atom is -0.492 e. The van der Waals surface area contributed by atoms with Crippen LogP contribution in [0.15, 0.2) is 20.1 Å². The van der Waals surface area contributed by atoms with Crippen LogP contribution >= 0.6 is 23.5 Å². The Labute approximate surface area is 296 Å². The van der Waals surface area contributed by atoms with Crippen LogP contribution in [0.4, 0.5) is 11.4 Å². The number of methoxy groups -OCH3 is 2. The quantitative estimate of drug-likeness (QED) is 0.104. The van der Waals surface area contributed by atoms with E-state index in [4.69, 9.17) is 9.47 Å². The number of hydrogen-bond acceptors (Lipinski definition) is 13. The molecule has 15 heteroatoms. The predicted octanol–water partition coefficient (Wildman–Crippen LogP) is 3.86. The molecule has 0 bridgehead atoms. The Morgan fingerprint density at radius 1 is 0.784 bits per heavy atom. The number of Topliss-reactive ketones (excluding diaryl/α,β-unsaturated/α-hetero) is 1. The average Bonchev–Trinajstić information content (AvgIpc) is 3.23. The Bertz CT molecular complexity index is 2620. The van der Waals surface area contributed by atoms with Crippen LogP contribution in [0.5, 0.6) is 11.5 Å². The summed E-state index contributed by atoms with van der Waals surface area (Å²) in [6, 6.07) is -1.08. The number of aliphatic carboxylic acids is 2. The van der Waals surface area contributed by atoms with Crippen molar-refractivity contribution in [2.45, 2.75) is 55.5 Å². The van der Waals surface area contributed by atoms with Crippen LogP contribution in [0.1, 0.15) is 41.7 Å². The minimum absolute atomic E-state index is 0.0360. The van der Waals surface area contributed by atoms with Crippen molar-refractivity contribution in [1.29, 1.82) is 0 Å². The molecule has 2 aliphatic heterocycles. The number of fused-ring (bicyclic) bond motifs is 5. The molecule has 0 aromatic heterocycles. The van der Waals surface area contributed by atoms with Gasteiger partial charge in [0.1, 0.15) is 6.04 Å². The van der Waals surface area contributed by atoms with Gasteiger partial charge in [-0.05, 0) is 47.6 Å². The maximum atomic E-state index is 14.8. The standard InChI is InChI=1S/C36H30N2O11S2/c1-10-5-12-18-21-19(13(6-39)15-8-51-34(36(46)47)38-27(15)25(21)29(42)31(12)48-3)20-14(7-40)33-28(37-16(9-50-33)35(44)45)26-23(20)22(18)24(17(10)11(2)41)32(49-4)30(26)43/h16,34,37-40H,5-9H2,1-4H3,(H,44,45)(H,46,47). The van der Waals surface area contributed by atoms with Crippen LogP contribution in [0.3, 0.4) is 0 Å². The lowest BCUT2D eigenvalue weighted by Gasteiger charge is -2.32. The third kappa shape index (κ3) is 4.22. The summed E-state index contributed by atoms with van der Waals surface area (Å²) in [6.45, 7) is 1.98. The normalized spacial score (nSPS) is 18.2. The van der Waals surface area contributed by atoms with E-state index >= 15 is 0 Å². The maximum Gasteiger partial charge on any atom is 0.336 e. The SMILES string of the molecule is COc1c2c3c4c(c(OC)c(=O)c5c6c(c(CO)c(c7c(CO)c8c(c(c1=O)c73)NC(C(=O)O)SC8)c54)SCC(C(=O)O)N6)C(C(C)=O)=C(C)C2. The van der Waals surface area contributed by atoms with Crippen molar-refractivity contribution in [2.24, 2.45) is 0 Å². The number of thioether (sulfide) groups is 2. The monoisotopic (exact) mass is 730 g/mol. The predicted molar refractivity (Wildman–Crippen MR) is 195 cm³/mol. The van der Waals surface area contributed by atoms with E-state index in [9.17, 15) is 44.4 Å². The molecule has 51 heavy (non-hydrogen) atoms. The second-order valence-electron chi connectivity index (χ2n) is 12.8. The van der Waals surface area contributed by atoms with Gasteiger partial charge in [-0.1, -0.05) is 5.57 Å². The van der Waals surface area contributed by atoms with Gasteiger partial charge in [0.2, 0.25) is 10.9 Å². The van der Waals surface area contributed by atoms with Crippen molar-refractivity contribution in [2.75, 3.05) is 30.6 Å². The molecule has 262 valence electrons. The van der Waals surface area contributed by atoms with Gasteiger partial charge in [-0.15, -0.1) is 23.5 Å². The maximum absolute atomic E-state index is 14.8. The Hall–Kier alpha value is -4.83. The number of aliphatic hydroxyl groups excluding tert-OH is 2. The fourth-order valence-electron chi connectivity index (χ4n) is 8.44. The van der Waals surface area contributed by atoms with Gasteiger partial charge in [-0.2, -0.15) is 0 Å². The van der Waals surface area contributed by atoms with Crippen LogP contribution < -0.4 is 31.0 Å². The van der Waals surface area contributed by atoms with E-state index in [0.717, 1.165) is 23.5 Å². The van der Waals surface area contributed by atoms with Crippen molar-refractivity contribution in [3.8, 4) is 11.5 Å². The number of allylic oxidation sites excluding steroid dienone is 2. The van der Waals surface area contributed by atoms with E-state index in [1.54, 1.807) is 6.92 Å². The first-order chi connectivity index (χ1) is 24.4. The summed E-state index contributed by atoms with van der Waals surface area (Å²) in [5.41, 5.74) is 1.80. The summed E-state index contributed by atoms with van der Waals surface area (Å²) in [4.78, 5) is 68.1. The zero-order chi connectivity index (χ0) is 36.4. The second-order valence-corrected chi connectivity index (χ2v) is 14.9. The fraction of sp³-hybridized carbons (Fsp3) is 0.306. The van der Waals surface area contributed by atoms with Gasteiger partial charge < -0.3 is 40.5 Å². The molecule has 0 spiro atoms. The molecular weight excluding hydrogens is 701 g/mol. The number of benzene rings is 5. The zero-order valence-corrected chi connectivity index (χ0v) is 29.3. The highest BCUT2D eigenvalue weighted by Crippen LogP contribution is 2.57. The van der Waals surface area contributed by atoms with Gasteiger partial charge in [0.05, 0.1) is 49.6 Å². The first-order valence-corrected chi connectivity index (χ1v) is 18.0. The zero-order valence-electron chi connectivity index (χ0n) is 27.7. The number of carboxylic acid groups (broad SMARTS) is 2. The summed E-state index contributed by atoms with van der Waals surface area (Å²) < 4.78 is 11.7. The summed E-state index contributed by atoms with van der Waals surface area (Å²) in [5.74, 6) is -2.68. The van der Waals surface area contributed by atoms with E-state index in [2.05, 4.69) is 10.6 Å². The van der Waals surface area contributed by atoms with Gasteiger partial charge in [0, 0.05) is 54.8 Å². The van der Waals surface area contributed by atoms with Crippen LogP contribution in [0.25, 0.3) is 48.7 Å². The molecule has 6 N–H and O–H groups in total. The summed E-state index contributed by atoms with van der Waals surface area (Å²) >= 11 is 2.23. The lowest BCUT2D eigenvalue weighted by atomic mass is 9.79. The van der Waals surface area contributed by atoms with Gasteiger partial charge in [-0.25, -0.2) is 9.59 Å². The number of carboxylic acids is 2. The summed E-state index contributed by atoms with van der Waals surface area (Å²) in [6.07, 6.45) is 0.0560. The molecule has 2 heterocycles. The number of carbonyl (C=O) groups excluding carboxylic acids is 1. The van der Waals surface area contributed by atoms with Gasteiger partial charge >= 0.3 is 11.9 Å². The summed E-state index contributed by atoms with van der Waals surface area (Å²) in [5, 5.41) is 49.7. The molecule has 13 nitrogen and oxygen atoms in total. The van der Waals surface area contributed by atoms with E-state index in [1.165, 1.54) is 21.1 Å².